The van der Waals surface area contributed by atoms with Gasteiger partial charge < -0.3 is 19.3 Å². The summed E-state index contributed by atoms with van der Waals surface area (Å²) in [4.78, 5) is 22.2. The van der Waals surface area contributed by atoms with Gasteiger partial charge in [0, 0.05) is 0 Å². The molecule has 0 radical (unpaired) electrons. The largest absolute Gasteiger partial charge is 0.469 e. The highest BCUT2D eigenvalue weighted by Gasteiger charge is 2.21. The van der Waals surface area contributed by atoms with Crippen LogP contribution in [0.15, 0.2) is 26.4 Å². The van der Waals surface area contributed by atoms with Gasteiger partial charge in [-0.3, -0.25) is 0 Å². The first-order valence-electron chi connectivity index (χ1n) is 8.71. The van der Waals surface area contributed by atoms with Crippen molar-refractivity contribution in [3.05, 3.63) is 34.4 Å². The summed E-state index contributed by atoms with van der Waals surface area (Å²) >= 11 is 2.55. The number of anilines is 1. The Morgan fingerprint density at radius 3 is 2.86 bits per heavy atom. The van der Waals surface area contributed by atoms with E-state index in [9.17, 15) is 4.79 Å². The van der Waals surface area contributed by atoms with Gasteiger partial charge in [-0.25, -0.2) is 14.8 Å². The van der Waals surface area contributed by atoms with E-state index >= 15 is 0 Å². The molecule has 4 aromatic heterocycles. The molecule has 0 aliphatic rings. The van der Waals surface area contributed by atoms with Gasteiger partial charge in [0.1, 0.15) is 27.1 Å². The second-order valence-corrected chi connectivity index (χ2v) is 7.96. The zero-order chi connectivity index (χ0) is 20.5. The van der Waals surface area contributed by atoms with Gasteiger partial charge in [0.05, 0.1) is 29.6 Å². The van der Waals surface area contributed by atoms with Crippen LogP contribution >= 0.6 is 23.1 Å². The summed E-state index contributed by atoms with van der Waals surface area (Å²) in [5, 5.41) is 9.14. The number of aryl methyl sites for hydroxylation is 2. The van der Waals surface area contributed by atoms with Crippen molar-refractivity contribution in [1.29, 1.82) is 0 Å². The van der Waals surface area contributed by atoms with Crippen molar-refractivity contribution in [2.24, 2.45) is 0 Å². The minimum absolute atomic E-state index is 0.306. The Balaban J connectivity index is 1.55. The average molecular weight is 431 g/mol. The Morgan fingerprint density at radius 2 is 2.14 bits per heavy atom. The van der Waals surface area contributed by atoms with Crippen LogP contribution in [0.5, 0.6) is 0 Å². The van der Waals surface area contributed by atoms with Crippen molar-refractivity contribution in [3.63, 3.8) is 0 Å². The molecule has 0 unspecified atom stereocenters. The second-order valence-electron chi connectivity index (χ2n) is 6.03. The molecular weight excluding hydrogens is 414 g/mol. The van der Waals surface area contributed by atoms with Crippen LogP contribution in [0.4, 0.5) is 5.82 Å². The van der Waals surface area contributed by atoms with Crippen molar-refractivity contribution in [2.45, 2.75) is 31.7 Å². The topological polar surface area (TPSA) is 130 Å². The van der Waals surface area contributed by atoms with E-state index in [1.165, 1.54) is 23.1 Å². The molecule has 0 aliphatic carbocycles. The Morgan fingerprint density at radius 1 is 1.31 bits per heavy atom. The minimum atomic E-state index is -0.378. The van der Waals surface area contributed by atoms with Crippen LogP contribution in [-0.2, 0) is 10.5 Å². The molecule has 150 valence electrons. The van der Waals surface area contributed by atoms with E-state index < -0.39 is 0 Å². The Bertz CT molecular complexity index is 1200. The number of nitrogens with two attached hydrogens (primary N) is 1. The van der Waals surface area contributed by atoms with Crippen LogP contribution in [0, 0.1) is 13.8 Å². The lowest BCUT2D eigenvalue weighted by atomic mass is 10.2. The number of furan rings is 1. The van der Waals surface area contributed by atoms with E-state index in [0.29, 0.717) is 56.0 Å². The number of nitrogens with zero attached hydrogens (tertiary/aromatic N) is 4. The van der Waals surface area contributed by atoms with Crippen LogP contribution in [0.3, 0.4) is 0 Å². The number of esters is 1. The number of rotatable bonds is 6. The number of aromatic nitrogens is 4. The first-order valence-corrected chi connectivity index (χ1v) is 10.5. The van der Waals surface area contributed by atoms with Crippen LogP contribution in [0.2, 0.25) is 0 Å². The van der Waals surface area contributed by atoms with E-state index in [-0.39, 0.29) is 5.97 Å². The third kappa shape index (κ3) is 3.70. The zero-order valence-corrected chi connectivity index (χ0v) is 17.5. The summed E-state index contributed by atoms with van der Waals surface area (Å²) in [7, 11) is 0. The maximum Gasteiger partial charge on any atom is 0.348 e. The maximum absolute atomic E-state index is 12.1. The van der Waals surface area contributed by atoms with Crippen LogP contribution in [0.25, 0.3) is 21.7 Å². The molecule has 29 heavy (non-hydrogen) atoms. The van der Waals surface area contributed by atoms with Crippen LogP contribution < -0.4 is 5.73 Å². The number of carbonyl (C=O) groups excluding carboxylic acids is 1. The number of hydrogen-bond acceptors (Lipinski definition) is 11. The Hall–Kier alpha value is -2.92. The smallest absolute Gasteiger partial charge is 0.348 e. The first kappa shape index (κ1) is 19.4. The number of hydrogen-bond donors (Lipinski definition) is 1. The van der Waals surface area contributed by atoms with Crippen LogP contribution in [0.1, 0.15) is 33.7 Å². The molecule has 11 heteroatoms. The molecule has 9 nitrogen and oxygen atoms in total. The summed E-state index contributed by atoms with van der Waals surface area (Å²) < 4.78 is 16.0. The fourth-order valence-corrected chi connectivity index (χ4v) is 4.50. The van der Waals surface area contributed by atoms with Gasteiger partial charge in [0.2, 0.25) is 0 Å². The van der Waals surface area contributed by atoms with E-state index in [0.717, 1.165) is 11.1 Å². The number of ether oxygens (including phenoxy) is 1. The summed E-state index contributed by atoms with van der Waals surface area (Å²) in [6.45, 7) is 5.71. The first-order chi connectivity index (χ1) is 14.0. The number of fused-ring (bicyclic) bond motifs is 1. The van der Waals surface area contributed by atoms with Gasteiger partial charge in [-0.1, -0.05) is 11.8 Å². The average Bonchev–Trinajstić information content (AvgIpc) is 3.39. The van der Waals surface area contributed by atoms with Gasteiger partial charge in [-0.2, -0.15) is 0 Å². The third-order valence-electron chi connectivity index (χ3n) is 4.15. The normalized spacial score (nSPS) is 11.3. The molecule has 0 amide bonds. The van der Waals surface area contributed by atoms with Gasteiger partial charge in [-0.05, 0) is 32.4 Å². The van der Waals surface area contributed by atoms with Crippen molar-refractivity contribution in [3.8, 4) is 11.5 Å². The van der Waals surface area contributed by atoms with E-state index in [1.807, 2.05) is 13.8 Å². The van der Waals surface area contributed by atoms with Crippen molar-refractivity contribution in [2.75, 3.05) is 12.3 Å². The number of carbonyl (C=O) groups is 1. The summed E-state index contributed by atoms with van der Waals surface area (Å²) in [6.07, 6.45) is 1.57. The van der Waals surface area contributed by atoms with Crippen molar-refractivity contribution < 1.29 is 18.4 Å². The molecule has 0 aliphatic heterocycles. The number of nitrogen functional groups attached to an aromatic ring is 1. The maximum atomic E-state index is 12.1. The standard InChI is InChI=1S/C18H17N5O4S2/c1-4-25-17(24)13-8(2)12-14(19)20-11(21-16(12)29-13)7-28-18-23-22-15(27-18)10-5-6-26-9(10)3/h5-6H,4,7H2,1-3H3,(H2,19,20,21). The quantitative estimate of drug-likeness (QED) is 0.353. The predicted molar refractivity (Wildman–Crippen MR) is 109 cm³/mol. The lowest BCUT2D eigenvalue weighted by molar-refractivity contribution is 0.0531. The Labute approximate surface area is 173 Å². The molecule has 4 aromatic rings. The van der Waals surface area contributed by atoms with Crippen LogP contribution in [-0.4, -0.2) is 32.7 Å². The minimum Gasteiger partial charge on any atom is -0.469 e. The highest BCUT2D eigenvalue weighted by molar-refractivity contribution is 7.98. The molecule has 2 N–H and O–H groups in total. The second kappa shape index (κ2) is 7.84. The lowest BCUT2D eigenvalue weighted by Gasteiger charge is -2.02. The summed E-state index contributed by atoms with van der Waals surface area (Å²) in [5.74, 6) is 1.94. The summed E-state index contributed by atoms with van der Waals surface area (Å²) in [6, 6.07) is 1.77. The SMILES string of the molecule is CCOC(=O)c1sc2nc(CSc3nnc(-c4ccoc4C)o3)nc(N)c2c1C. The van der Waals surface area contributed by atoms with E-state index in [4.69, 9.17) is 19.3 Å². The molecule has 0 atom stereocenters. The number of thioether (sulfide) groups is 1. The molecule has 0 fully saturated rings. The van der Waals surface area contributed by atoms with Crippen molar-refractivity contribution >= 4 is 45.1 Å². The monoisotopic (exact) mass is 431 g/mol. The lowest BCUT2D eigenvalue weighted by Crippen LogP contribution is -2.03. The number of thiophene rings is 1. The Kier molecular flexibility index (Phi) is 5.24. The molecule has 0 saturated heterocycles. The molecule has 0 spiro atoms. The fourth-order valence-electron chi connectivity index (χ4n) is 2.78. The van der Waals surface area contributed by atoms with Gasteiger partial charge in [0.25, 0.3) is 11.1 Å². The fraction of sp³-hybridized carbons (Fsp3) is 0.278. The van der Waals surface area contributed by atoms with Gasteiger partial charge in [0.15, 0.2) is 0 Å². The highest BCUT2D eigenvalue weighted by atomic mass is 32.2. The van der Waals surface area contributed by atoms with Crippen molar-refractivity contribution in [1.82, 2.24) is 20.2 Å². The molecule has 0 aromatic carbocycles. The highest BCUT2D eigenvalue weighted by Crippen LogP contribution is 2.34. The summed E-state index contributed by atoms with van der Waals surface area (Å²) in [5.41, 5.74) is 7.62. The zero-order valence-electron chi connectivity index (χ0n) is 15.9. The molecule has 4 rings (SSSR count). The molecular formula is C18H17N5O4S2. The third-order valence-corrected chi connectivity index (χ3v) is 6.13. The molecule has 4 heterocycles. The van der Waals surface area contributed by atoms with Gasteiger partial charge in [-0.15, -0.1) is 21.5 Å². The van der Waals surface area contributed by atoms with Gasteiger partial charge >= 0.3 is 5.97 Å². The molecule has 0 bridgehead atoms. The van der Waals surface area contributed by atoms with E-state index in [2.05, 4.69) is 20.2 Å². The molecule has 0 saturated carbocycles. The van der Waals surface area contributed by atoms with E-state index in [1.54, 1.807) is 19.3 Å². The predicted octanol–water partition coefficient (Wildman–Crippen LogP) is 4.00.